The quantitative estimate of drug-likeness (QED) is 0.598. The van der Waals surface area contributed by atoms with E-state index in [-0.39, 0.29) is 5.91 Å². The molecule has 1 N–H and O–H groups in total. The second-order valence-electron chi connectivity index (χ2n) is 5.27. The van der Waals surface area contributed by atoms with E-state index in [0.29, 0.717) is 13.0 Å². The summed E-state index contributed by atoms with van der Waals surface area (Å²) in [5, 5.41) is 3.67. The van der Waals surface area contributed by atoms with Gasteiger partial charge in [0.15, 0.2) is 0 Å². The van der Waals surface area contributed by atoms with E-state index in [2.05, 4.69) is 12.2 Å². The van der Waals surface area contributed by atoms with Crippen LogP contribution in [0.15, 0.2) is 24.3 Å². The fraction of sp³-hybridized carbons (Fsp3) is 0.588. The molecule has 112 valence electrons. The molecule has 0 saturated carbocycles. The highest BCUT2D eigenvalue weighted by Gasteiger charge is 2.01. The van der Waals surface area contributed by atoms with Crippen molar-refractivity contribution in [3.05, 3.63) is 34.9 Å². The summed E-state index contributed by atoms with van der Waals surface area (Å²) in [7, 11) is 0. The molecule has 0 fully saturated rings. The number of hydrogen-bond acceptors (Lipinski definition) is 1. The Kier molecular flexibility index (Phi) is 9.14. The number of benzene rings is 1. The van der Waals surface area contributed by atoms with Crippen molar-refractivity contribution < 1.29 is 4.79 Å². The molecular weight excluding hydrogens is 270 g/mol. The van der Waals surface area contributed by atoms with Gasteiger partial charge in [-0.1, -0.05) is 69.2 Å². The standard InChI is InChI=1S/C17H26ClNO/c1-2-3-4-5-6-7-8-9-17(20)19-14-15-10-12-16(18)13-11-15/h10-13H,2-9,14H2,1H3,(H,19,20). The summed E-state index contributed by atoms with van der Waals surface area (Å²) < 4.78 is 0. The van der Waals surface area contributed by atoms with Crippen LogP contribution >= 0.6 is 11.6 Å². The van der Waals surface area contributed by atoms with Crippen molar-refractivity contribution in [3.8, 4) is 0 Å². The highest BCUT2D eigenvalue weighted by molar-refractivity contribution is 6.30. The van der Waals surface area contributed by atoms with Gasteiger partial charge in [0.05, 0.1) is 0 Å². The van der Waals surface area contributed by atoms with Gasteiger partial charge in [0.1, 0.15) is 0 Å². The van der Waals surface area contributed by atoms with Crippen LogP contribution in [0.3, 0.4) is 0 Å². The Hall–Kier alpha value is -1.02. The fourth-order valence-corrected chi connectivity index (χ4v) is 2.26. The molecule has 0 aliphatic heterocycles. The zero-order valence-corrected chi connectivity index (χ0v) is 13.2. The van der Waals surface area contributed by atoms with Gasteiger partial charge in [-0.15, -0.1) is 0 Å². The molecule has 0 aromatic heterocycles. The lowest BCUT2D eigenvalue weighted by molar-refractivity contribution is -0.121. The summed E-state index contributed by atoms with van der Waals surface area (Å²) in [4.78, 5) is 11.7. The maximum atomic E-state index is 11.7. The number of carbonyl (C=O) groups is 1. The fourth-order valence-electron chi connectivity index (χ4n) is 2.13. The first kappa shape index (κ1) is 17.0. The summed E-state index contributed by atoms with van der Waals surface area (Å²) >= 11 is 5.82. The van der Waals surface area contributed by atoms with Crippen molar-refractivity contribution in [1.29, 1.82) is 0 Å². The summed E-state index contributed by atoms with van der Waals surface area (Å²) in [6.45, 7) is 2.82. The number of unbranched alkanes of at least 4 members (excludes halogenated alkanes) is 6. The second kappa shape index (κ2) is 10.7. The number of carbonyl (C=O) groups excluding carboxylic acids is 1. The van der Waals surface area contributed by atoms with Gasteiger partial charge in [-0.3, -0.25) is 4.79 Å². The summed E-state index contributed by atoms with van der Waals surface area (Å²) in [5.74, 6) is 0.147. The topological polar surface area (TPSA) is 29.1 Å². The highest BCUT2D eigenvalue weighted by atomic mass is 35.5. The zero-order valence-electron chi connectivity index (χ0n) is 12.5. The van der Waals surface area contributed by atoms with Gasteiger partial charge in [0, 0.05) is 18.0 Å². The molecule has 3 heteroatoms. The molecular formula is C17H26ClNO. The Balaban J connectivity index is 2.01. The minimum Gasteiger partial charge on any atom is -0.352 e. The molecule has 2 nitrogen and oxygen atoms in total. The van der Waals surface area contributed by atoms with Crippen LogP contribution in [0.1, 0.15) is 63.9 Å². The van der Waals surface area contributed by atoms with Gasteiger partial charge in [-0.2, -0.15) is 0 Å². The lowest BCUT2D eigenvalue weighted by Gasteiger charge is -2.05. The van der Waals surface area contributed by atoms with E-state index in [1.54, 1.807) is 0 Å². The molecule has 0 aliphatic carbocycles. The molecule has 0 saturated heterocycles. The van der Waals surface area contributed by atoms with E-state index >= 15 is 0 Å². The van der Waals surface area contributed by atoms with Crippen LogP contribution in [0.2, 0.25) is 5.02 Å². The molecule has 0 spiro atoms. The minimum atomic E-state index is 0.147. The predicted molar refractivity (Wildman–Crippen MR) is 85.9 cm³/mol. The van der Waals surface area contributed by atoms with Crippen molar-refractivity contribution in [1.82, 2.24) is 5.32 Å². The molecule has 20 heavy (non-hydrogen) atoms. The number of halogens is 1. The van der Waals surface area contributed by atoms with E-state index < -0.39 is 0 Å². The highest BCUT2D eigenvalue weighted by Crippen LogP contribution is 2.10. The van der Waals surface area contributed by atoms with Crippen molar-refractivity contribution in [3.63, 3.8) is 0 Å². The first-order valence-corrected chi connectivity index (χ1v) is 8.11. The molecule has 0 aliphatic rings. The van der Waals surface area contributed by atoms with E-state index in [4.69, 9.17) is 11.6 Å². The van der Waals surface area contributed by atoms with Crippen LogP contribution < -0.4 is 5.32 Å². The summed E-state index contributed by atoms with van der Waals surface area (Å²) in [6, 6.07) is 7.57. The van der Waals surface area contributed by atoms with Crippen molar-refractivity contribution in [2.75, 3.05) is 0 Å². The van der Waals surface area contributed by atoms with Crippen LogP contribution in [-0.4, -0.2) is 5.91 Å². The van der Waals surface area contributed by atoms with Crippen molar-refractivity contribution >= 4 is 17.5 Å². The Labute approximate surface area is 127 Å². The number of nitrogens with one attached hydrogen (secondary N) is 1. The lowest BCUT2D eigenvalue weighted by Crippen LogP contribution is -2.22. The molecule has 0 atom stereocenters. The summed E-state index contributed by atoms with van der Waals surface area (Å²) in [6.07, 6.45) is 9.32. The van der Waals surface area contributed by atoms with E-state index in [1.165, 1.54) is 32.1 Å². The molecule has 0 bridgehead atoms. The van der Waals surface area contributed by atoms with Crippen LogP contribution in [0.4, 0.5) is 0 Å². The number of hydrogen-bond donors (Lipinski definition) is 1. The zero-order chi connectivity index (χ0) is 14.6. The lowest BCUT2D eigenvalue weighted by atomic mass is 10.1. The van der Waals surface area contributed by atoms with E-state index in [0.717, 1.165) is 23.4 Å². The molecule has 1 amide bonds. The van der Waals surface area contributed by atoms with Gasteiger partial charge in [-0.05, 0) is 24.1 Å². The Bertz CT molecular complexity index is 375. The van der Waals surface area contributed by atoms with E-state index in [1.807, 2.05) is 24.3 Å². The van der Waals surface area contributed by atoms with Crippen LogP contribution in [0.5, 0.6) is 0 Å². The third-order valence-corrected chi connectivity index (χ3v) is 3.66. The Morgan fingerprint density at radius 3 is 2.25 bits per heavy atom. The van der Waals surface area contributed by atoms with Gasteiger partial charge in [0.25, 0.3) is 0 Å². The normalized spacial score (nSPS) is 10.5. The van der Waals surface area contributed by atoms with Crippen LogP contribution in [0.25, 0.3) is 0 Å². The van der Waals surface area contributed by atoms with Crippen molar-refractivity contribution in [2.45, 2.75) is 64.8 Å². The Morgan fingerprint density at radius 1 is 1.00 bits per heavy atom. The summed E-state index contributed by atoms with van der Waals surface area (Å²) in [5.41, 5.74) is 1.09. The molecule has 1 rings (SSSR count). The molecule has 1 aromatic rings. The largest absolute Gasteiger partial charge is 0.352 e. The van der Waals surface area contributed by atoms with E-state index in [9.17, 15) is 4.79 Å². The van der Waals surface area contributed by atoms with Gasteiger partial charge >= 0.3 is 0 Å². The number of amides is 1. The smallest absolute Gasteiger partial charge is 0.220 e. The first-order chi connectivity index (χ1) is 9.72. The van der Waals surface area contributed by atoms with Gasteiger partial charge < -0.3 is 5.32 Å². The van der Waals surface area contributed by atoms with Gasteiger partial charge in [0.2, 0.25) is 5.91 Å². The molecule has 0 unspecified atom stereocenters. The third-order valence-electron chi connectivity index (χ3n) is 3.41. The molecule has 0 heterocycles. The maximum absolute atomic E-state index is 11.7. The van der Waals surface area contributed by atoms with Crippen LogP contribution in [-0.2, 0) is 11.3 Å². The average molecular weight is 296 g/mol. The average Bonchev–Trinajstić information content (AvgIpc) is 2.46. The molecule has 1 aromatic carbocycles. The maximum Gasteiger partial charge on any atom is 0.220 e. The predicted octanol–water partition coefficient (Wildman–Crippen LogP) is 5.10. The number of rotatable bonds is 10. The Morgan fingerprint density at radius 2 is 1.60 bits per heavy atom. The first-order valence-electron chi connectivity index (χ1n) is 7.73. The molecule has 0 radical (unpaired) electrons. The SMILES string of the molecule is CCCCCCCCCC(=O)NCc1ccc(Cl)cc1. The van der Waals surface area contributed by atoms with Crippen LogP contribution in [0, 0.1) is 0 Å². The van der Waals surface area contributed by atoms with Crippen molar-refractivity contribution in [2.24, 2.45) is 0 Å². The van der Waals surface area contributed by atoms with Gasteiger partial charge in [-0.25, -0.2) is 0 Å². The third kappa shape index (κ3) is 8.21. The monoisotopic (exact) mass is 295 g/mol. The second-order valence-corrected chi connectivity index (χ2v) is 5.71. The minimum absolute atomic E-state index is 0.147.